The Balaban J connectivity index is 1.80. The van der Waals surface area contributed by atoms with Crippen LogP contribution in [0.15, 0.2) is 58.5 Å². The molecule has 1 saturated heterocycles. The molecule has 1 fully saturated rings. The minimum absolute atomic E-state index is 0.0129. The minimum Gasteiger partial charge on any atom is -0.337 e. The average Bonchev–Trinajstić information content (AvgIpc) is 3.20. The molecule has 2 aromatic carbocycles. The lowest BCUT2D eigenvalue weighted by molar-refractivity contribution is -0.122. The standard InChI is InChI=1S/C19H18FN3O3S/c20-15-8-2-1-7-14(15)13-23-16-9-3-4-10-17(16)27(25,26)18(21-23)19(24)22-11-5-6-12-22/h1-4,7-10H,5-6,11-13H2. The Morgan fingerprint density at radius 2 is 1.70 bits per heavy atom. The second-order valence-corrected chi connectivity index (χ2v) is 8.36. The van der Waals surface area contributed by atoms with Gasteiger partial charge in [-0.05, 0) is 31.0 Å². The number of rotatable bonds is 3. The van der Waals surface area contributed by atoms with Crippen LogP contribution < -0.4 is 5.01 Å². The Labute approximate surface area is 156 Å². The average molecular weight is 387 g/mol. The fourth-order valence-corrected chi connectivity index (χ4v) is 4.82. The van der Waals surface area contributed by atoms with Crippen molar-refractivity contribution in [2.75, 3.05) is 18.1 Å². The Bertz CT molecular complexity index is 1030. The van der Waals surface area contributed by atoms with E-state index in [9.17, 15) is 17.6 Å². The second kappa shape index (κ2) is 6.77. The molecule has 0 atom stereocenters. The van der Waals surface area contributed by atoms with Crippen LogP contribution in [0.3, 0.4) is 0 Å². The van der Waals surface area contributed by atoms with Crippen LogP contribution in [0, 0.1) is 5.82 Å². The number of sulfone groups is 1. The van der Waals surface area contributed by atoms with Crippen LogP contribution in [-0.2, 0) is 21.2 Å². The highest BCUT2D eigenvalue weighted by molar-refractivity contribution is 8.08. The maximum absolute atomic E-state index is 14.1. The van der Waals surface area contributed by atoms with E-state index in [0.29, 0.717) is 24.3 Å². The van der Waals surface area contributed by atoms with Crippen LogP contribution in [0.1, 0.15) is 18.4 Å². The van der Waals surface area contributed by atoms with Gasteiger partial charge in [0.2, 0.25) is 14.9 Å². The zero-order valence-electron chi connectivity index (χ0n) is 14.5. The molecule has 4 rings (SSSR count). The van der Waals surface area contributed by atoms with Gasteiger partial charge >= 0.3 is 0 Å². The topological polar surface area (TPSA) is 70.0 Å². The predicted molar refractivity (Wildman–Crippen MR) is 99.5 cm³/mol. The van der Waals surface area contributed by atoms with Gasteiger partial charge in [-0.2, -0.15) is 5.10 Å². The highest BCUT2D eigenvalue weighted by atomic mass is 32.2. The Hall–Kier alpha value is -2.74. The summed E-state index contributed by atoms with van der Waals surface area (Å²) in [6.07, 6.45) is 1.68. The normalized spacial score (nSPS) is 18.2. The van der Waals surface area contributed by atoms with E-state index in [0.717, 1.165) is 12.8 Å². The minimum atomic E-state index is -4.03. The number of hydrogen-bond donors (Lipinski definition) is 0. The van der Waals surface area contributed by atoms with Crippen LogP contribution >= 0.6 is 0 Å². The maximum atomic E-state index is 14.1. The van der Waals surface area contributed by atoms with Gasteiger partial charge in [-0.3, -0.25) is 9.80 Å². The number of hydrogen-bond acceptors (Lipinski definition) is 5. The highest BCUT2D eigenvalue weighted by Gasteiger charge is 2.39. The number of likely N-dealkylation sites (tertiary alicyclic amines) is 1. The number of nitrogens with zero attached hydrogens (tertiary/aromatic N) is 3. The molecule has 2 aromatic rings. The fraction of sp³-hybridized carbons (Fsp3) is 0.263. The highest BCUT2D eigenvalue weighted by Crippen LogP contribution is 2.33. The number of hydrazone groups is 1. The van der Waals surface area contributed by atoms with E-state index >= 15 is 0 Å². The molecule has 2 aliphatic heterocycles. The first kappa shape index (κ1) is 17.7. The quantitative estimate of drug-likeness (QED) is 0.812. The Morgan fingerprint density at radius 1 is 1.04 bits per heavy atom. The van der Waals surface area contributed by atoms with Crippen LogP contribution in [0.2, 0.25) is 0 Å². The van der Waals surface area contributed by atoms with Crippen LogP contribution in [-0.4, -0.2) is 37.4 Å². The van der Waals surface area contributed by atoms with Crippen molar-refractivity contribution in [1.29, 1.82) is 0 Å². The van der Waals surface area contributed by atoms with E-state index in [1.807, 2.05) is 0 Å². The number of halogens is 1. The zero-order valence-corrected chi connectivity index (χ0v) is 15.3. The lowest BCUT2D eigenvalue weighted by Crippen LogP contribution is -2.42. The van der Waals surface area contributed by atoms with Gasteiger partial charge < -0.3 is 4.90 Å². The van der Waals surface area contributed by atoms with Crippen molar-refractivity contribution < 1.29 is 17.6 Å². The third-order valence-electron chi connectivity index (χ3n) is 4.75. The summed E-state index contributed by atoms with van der Waals surface area (Å²) in [7, 11) is -4.03. The Morgan fingerprint density at radius 3 is 2.44 bits per heavy atom. The number of carbonyl (C=O) groups is 1. The molecule has 0 spiro atoms. The number of fused-ring (bicyclic) bond motifs is 1. The molecule has 0 unspecified atom stereocenters. The number of anilines is 1. The van der Waals surface area contributed by atoms with Crippen LogP contribution in [0.25, 0.3) is 0 Å². The number of carbonyl (C=O) groups excluding carboxylic acids is 1. The largest absolute Gasteiger partial charge is 0.337 e. The van der Waals surface area contributed by atoms with E-state index in [2.05, 4.69) is 5.10 Å². The van der Waals surface area contributed by atoms with Gasteiger partial charge in [-0.15, -0.1) is 0 Å². The summed E-state index contributed by atoms with van der Waals surface area (Å²) < 4.78 is 40.1. The molecule has 0 saturated carbocycles. The summed E-state index contributed by atoms with van der Waals surface area (Å²) in [6, 6.07) is 12.6. The summed E-state index contributed by atoms with van der Waals surface area (Å²) in [5.41, 5.74) is 0.696. The summed E-state index contributed by atoms with van der Waals surface area (Å²) in [4.78, 5) is 14.3. The van der Waals surface area contributed by atoms with Gasteiger partial charge in [0, 0.05) is 18.7 Å². The number of amides is 1. The van der Waals surface area contributed by atoms with Gasteiger partial charge in [-0.25, -0.2) is 12.8 Å². The van der Waals surface area contributed by atoms with Crippen molar-refractivity contribution in [2.24, 2.45) is 5.10 Å². The lowest BCUT2D eigenvalue weighted by Gasteiger charge is -2.28. The molecule has 1 amide bonds. The zero-order chi connectivity index (χ0) is 19.0. The van der Waals surface area contributed by atoms with Gasteiger partial charge in [0.05, 0.1) is 17.1 Å². The van der Waals surface area contributed by atoms with Crippen molar-refractivity contribution in [2.45, 2.75) is 24.3 Å². The molecule has 0 aliphatic carbocycles. The van der Waals surface area contributed by atoms with E-state index < -0.39 is 26.6 Å². The van der Waals surface area contributed by atoms with E-state index in [4.69, 9.17) is 0 Å². The maximum Gasteiger partial charge on any atom is 0.286 e. The summed E-state index contributed by atoms with van der Waals surface area (Å²) in [5, 5.41) is 5.05. The molecule has 27 heavy (non-hydrogen) atoms. The molecule has 0 bridgehead atoms. The third kappa shape index (κ3) is 3.10. The summed E-state index contributed by atoms with van der Waals surface area (Å²) >= 11 is 0. The molecule has 0 radical (unpaired) electrons. The van der Waals surface area contributed by atoms with Crippen molar-refractivity contribution in [3.63, 3.8) is 0 Å². The van der Waals surface area contributed by atoms with Gasteiger partial charge in [0.15, 0.2) is 0 Å². The molecule has 0 aromatic heterocycles. The molecular formula is C19H18FN3O3S. The fourth-order valence-electron chi connectivity index (χ4n) is 3.34. The smallest absolute Gasteiger partial charge is 0.286 e. The van der Waals surface area contributed by atoms with Gasteiger partial charge in [0.1, 0.15) is 5.82 Å². The number of benzene rings is 2. The van der Waals surface area contributed by atoms with Crippen LogP contribution in [0.5, 0.6) is 0 Å². The summed E-state index contributed by atoms with van der Waals surface area (Å²) in [6.45, 7) is 1.06. The lowest BCUT2D eigenvalue weighted by atomic mass is 10.2. The van der Waals surface area contributed by atoms with E-state index in [-0.39, 0.29) is 11.4 Å². The molecule has 140 valence electrons. The van der Waals surface area contributed by atoms with Crippen molar-refractivity contribution in [1.82, 2.24) is 4.90 Å². The van der Waals surface area contributed by atoms with Crippen LogP contribution in [0.4, 0.5) is 10.1 Å². The predicted octanol–water partition coefficient (Wildman–Crippen LogP) is 2.56. The number of para-hydroxylation sites is 1. The van der Waals surface area contributed by atoms with E-state index in [1.54, 1.807) is 36.4 Å². The van der Waals surface area contributed by atoms with E-state index in [1.165, 1.54) is 22.0 Å². The first-order valence-corrected chi connectivity index (χ1v) is 10.2. The van der Waals surface area contributed by atoms with Gasteiger partial charge in [-0.1, -0.05) is 30.3 Å². The van der Waals surface area contributed by atoms with Crippen molar-refractivity contribution in [3.8, 4) is 0 Å². The second-order valence-electron chi connectivity index (χ2n) is 6.52. The van der Waals surface area contributed by atoms with Crippen molar-refractivity contribution >= 4 is 26.5 Å². The monoisotopic (exact) mass is 387 g/mol. The first-order chi connectivity index (χ1) is 13.0. The SMILES string of the molecule is O=C(C1=NN(Cc2ccccc2F)c2ccccc2S1(=O)=O)N1CCCC1. The molecule has 6 nitrogen and oxygen atoms in total. The third-order valence-corrected chi connectivity index (χ3v) is 6.44. The molecule has 8 heteroatoms. The molecule has 2 heterocycles. The van der Waals surface area contributed by atoms with Gasteiger partial charge in [0.25, 0.3) is 5.91 Å². The molecule has 0 N–H and O–H groups in total. The first-order valence-electron chi connectivity index (χ1n) is 8.71. The Kier molecular flexibility index (Phi) is 4.43. The molecule has 2 aliphatic rings. The molecular weight excluding hydrogens is 369 g/mol. The summed E-state index contributed by atoms with van der Waals surface area (Å²) in [5.74, 6) is -1.01. The van der Waals surface area contributed by atoms with Crippen molar-refractivity contribution in [3.05, 3.63) is 59.9 Å².